The summed E-state index contributed by atoms with van der Waals surface area (Å²) in [5, 5.41) is 21.1. The molecule has 0 fully saturated rings. The molecule has 3 N–H and O–H groups in total. The number of hydrogen-bond acceptors (Lipinski definition) is 3. The average Bonchev–Trinajstić information content (AvgIpc) is 2.25. The van der Waals surface area contributed by atoms with Gasteiger partial charge in [-0.1, -0.05) is 22.0 Å². The Bertz CT molecular complexity index is 393. The molecule has 0 heterocycles. The van der Waals surface area contributed by atoms with Gasteiger partial charge in [0.1, 0.15) is 0 Å². The lowest BCUT2D eigenvalue weighted by Crippen LogP contribution is -2.18. The lowest BCUT2D eigenvalue weighted by atomic mass is 10.1. The maximum Gasteiger partial charge on any atom is 0.335 e. The van der Waals surface area contributed by atoms with Gasteiger partial charge in [0.25, 0.3) is 0 Å². The summed E-state index contributed by atoms with van der Waals surface area (Å²) in [4.78, 5) is 10.7. The van der Waals surface area contributed by atoms with Gasteiger partial charge in [-0.15, -0.1) is 0 Å². The van der Waals surface area contributed by atoms with E-state index in [1.54, 1.807) is 25.1 Å². The summed E-state index contributed by atoms with van der Waals surface area (Å²) < 4.78 is 0.780. The lowest BCUT2D eigenvalue weighted by Gasteiger charge is -2.08. The molecule has 4 nitrogen and oxygen atoms in total. The number of carbonyl (C=O) groups is 1. The van der Waals surface area contributed by atoms with Crippen LogP contribution in [0.4, 0.5) is 0 Å². The summed E-state index contributed by atoms with van der Waals surface area (Å²) >= 11 is 3.34. The van der Waals surface area contributed by atoms with Crippen LogP contribution in [0.3, 0.4) is 0 Å². The zero-order valence-corrected chi connectivity index (χ0v) is 11.2. The molecular weight excluding hydrogens is 286 g/mol. The SMILES string of the molecule is CC(O)CCNCc1ccc(C(=O)O)cc1Br. The Hall–Kier alpha value is -0.910. The third-order valence-electron chi connectivity index (χ3n) is 2.35. The Labute approximate surface area is 109 Å². The van der Waals surface area contributed by atoms with E-state index in [1.807, 2.05) is 0 Å². The Balaban J connectivity index is 2.52. The molecule has 0 saturated heterocycles. The summed E-state index contributed by atoms with van der Waals surface area (Å²) in [6.45, 7) is 3.12. The van der Waals surface area contributed by atoms with Crippen LogP contribution >= 0.6 is 15.9 Å². The highest BCUT2D eigenvalue weighted by molar-refractivity contribution is 9.10. The molecule has 1 atom stereocenters. The van der Waals surface area contributed by atoms with Gasteiger partial charge in [-0.25, -0.2) is 4.79 Å². The van der Waals surface area contributed by atoms with Crippen molar-refractivity contribution in [1.29, 1.82) is 0 Å². The van der Waals surface area contributed by atoms with Crippen LogP contribution in [0, 0.1) is 0 Å². The van der Waals surface area contributed by atoms with Gasteiger partial charge in [0.15, 0.2) is 0 Å². The van der Waals surface area contributed by atoms with Crippen molar-refractivity contribution < 1.29 is 15.0 Å². The van der Waals surface area contributed by atoms with E-state index in [2.05, 4.69) is 21.2 Å². The van der Waals surface area contributed by atoms with Crippen LogP contribution in [-0.4, -0.2) is 28.8 Å². The van der Waals surface area contributed by atoms with Crippen LogP contribution in [0.15, 0.2) is 22.7 Å². The van der Waals surface area contributed by atoms with Gasteiger partial charge < -0.3 is 15.5 Å². The fourth-order valence-corrected chi connectivity index (χ4v) is 1.88. The predicted molar refractivity (Wildman–Crippen MR) is 69.1 cm³/mol. The molecule has 1 aromatic rings. The molecule has 0 spiro atoms. The number of carboxylic acid groups (broad SMARTS) is 1. The third-order valence-corrected chi connectivity index (χ3v) is 3.09. The first-order valence-corrected chi connectivity index (χ1v) is 6.20. The molecule has 0 aliphatic heterocycles. The van der Waals surface area contributed by atoms with Gasteiger partial charge in [-0.05, 0) is 37.6 Å². The lowest BCUT2D eigenvalue weighted by molar-refractivity contribution is 0.0696. The topological polar surface area (TPSA) is 69.6 Å². The number of rotatable bonds is 6. The van der Waals surface area contributed by atoms with Crippen molar-refractivity contribution in [3.8, 4) is 0 Å². The van der Waals surface area contributed by atoms with Gasteiger partial charge in [0.2, 0.25) is 0 Å². The van der Waals surface area contributed by atoms with Gasteiger partial charge in [-0.3, -0.25) is 0 Å². The van der Waals surface area contributed by atoms with Gasteiger partial charge >= 0.3 is 5.97 Å². The number of nitrogens with one attached hydrogen (secondary N) is 1. The molecule has 1 aromatic carbocycles. The molecule has 0 aromatic heterocycles. The molecular formula is C12H16BrNO3. The van der Waals surface area contributed by atoms with Crippen molar-refractivity contribution >= 4 is 21.9 Å². The van der Waals surface area contributed by atoms with E-state index >= 15 is 0 Å². The minimum atomic E-state index is -0.931. The molecule has 0 aliphatic carbocycles. The molecule has 94 valence electrons. The van der Waals surface area contributed by atoms with Crippen LogP contribution in [0.25, 0.3) is 0 Å². The molecule has 1 rings (SSSR count). The van der Waals surface area contributed by atoms with Crippen molar-refractivity contribution in [2.75, 3.05) is 6.54 Å². The molecule has 5 heteroatoms. The number of aromatic carboxylic acids is 1. The number of benzene rings is 1. The highest BCUT2D eigenvalue weighted by atomic mass is 79.9. The Morgan fingerprint density at radius 2 is 2.24 bits per heavy atom. The average molecular weight is 302 g/mol. The largest absolute Gasteiger partial charge is 0.478 e. The Morgan fingerprint density at radius 1 is 1.53 bits per heavy atom. The first-order chi connectivity index (χ1) is 8.00. The molecule has 0 amide bonds. The minimum absolute atomic E-state index is 0.268. The maximum absolute atomic E-state index is 10.7. The van der Waals surface area contributed by atoms with Crippen LogP contribution in [0.2, 0.25) is 0 Å². The standard InChI is InChI=1S/C12H16BrNO3/c1-8(15)4-5-14-7-10-3-2-9(12(16)17)6-11(10)13/h2-3,6,8,14-15H,4-5,7H2,1H3,(H,16,17). The zero-order chi connectivity index (χ0) is 12.8. The molecule has 0 saturated carbocycles. The monoisotopic (exact) mass is 301 g/mol. The van der Waals surface area contributed by atoms with Gasteiger partial charge in [0, 0.05) is 11.0 Å². The number of hydrogen-bond donors (Lipinski definition) is 3. The fourth-order valence-electron chi connectivity index (χ4n) is 1.36. The minimum Gasteiger partial charge on any atom is -0.478 e. The third kappa shape index (κ3) is 4.85. The summed E-state index contributed by atoms with van der Waals surface area (Å²) in [7, 11) is 0. The smallest absolute Gasteiger partial charge is 0.335 e. The van der Waals surface area contributed by atoms with Crippen LogP contribution in [-0.2, 0) is 6.54 Å². The maximum atomic E-state index is 10.7. The van der Waals surface area contributed by atoms with Crippen LogP contribution in [0.5, 0.6) is 0 Å². The highest BCUT2D eigenvalue weighted by Gasteiger charge is 2.06. The number of carboxylic acids is 1. The van der Waals surface area contributed by atoms with Gasteiger partial charge in [0.05, 0.1) is 11.7 Å². The Kier molecular flexibility index (Phi) is 5.61. The van der Waals surface area contributed by atoms with E-state index in [0.29, 0.717) is 13.0 Å². The van der Waals surface area contributed by atoms with Crippen LogP contribution < -0.4 is 5.32 Å². The summed E-state index contributed by atoms with van der Waals surface area (Å²) in [5.41, 5.74) is 1.27. The van der Waals surface area contributed by atoms with Gasteiger partial charge in [-0.2, -0.15) is 0 Å². The number of aliphatic hydroxyl groups is 1. The second-order valence-corrected chi connectivity index (χ2v) is 4.78. The fraction of sp³-hybridized carbons (Fsp3) is 0.417. The van der Waals surface area contributed by atoms with Crippen molar-refractivity contribution in [3.05, 3.63) is 33.8 Å². The predicted octanol–water partition coefficient (Wildman–Crippen LogP) is 2.01. The van der Waals surface area contributed by atoms with E-state index in [0.717, 1.165) is 16.6 Å². The number of aliphatic hydroxyl groups excluding tert-OH is 1. The molecule has 0 bridgehead atoms. The van der Waals surface area contributed by atoms with E-state index in [1.165, 1.54) is 0 Å². The summed E-state index contributed by atoms with van der Waals surface area (Å²) in [5.74, 6) is -0.931. The summed E-state index contributed by atoms with van der Waals surface area (Å²) in [6, 6.07) is 4.95. The van der Waals surface area contributed by atoms with E-state index < -0.39 is 5.97 Å². The van der Waals surface area contributed by atoms with Crippen molar-refractivity contribution in [2.24, 2.45) is 0 Å². The highest BCUT2D eigenvalue weighted by Crippen LogP contribution is 2.18. The molecule has 1 unspecified atom stereocenters. The number of halogens is 1. The van der Waals surface area contributed by atoms with E-state index in [4.69, 9.17) is 10.2 Å². The van der Waals surface area contributed by atoms with Crippen molar-refractivity contribution in [3.63, 3.8) is 0 Å². The zero-order valence-electron chi connectivity index (χ0n) is 9.61. The second-order valence-electron chi connectivity index (χ2n) is 3.93. The normalized spacial score (nSPS) is 12.4. The van der Waals surface area contributed by atoms with Crippen LogP contribution in [0.1, 0.15) is 29.3 Å². The van der Waals surface area contributed by atoms with Crippen molar-refractivity contribution in [1.82, 2.24) is 5.32 Å². The van der Waals surface area contributed by atoms with E-state index in [9.17, 15) is 4.79 Å². The molecule has 0 aliphatic rings. The first kappa shape index (κ1) is 14.2. The second kappa shape index (κ2) is 6.74. The van der Waals surface area contributed by atoms with Crippen molar-refractivity contribution in [2.45, 2.75) is 26.0 Å². The first-order valence-electron chi connectivity index (χ1n) is 5.41. The molecule has 17 heavy (non-hydrogen) atoms. The Morgan fingerprint density at radius 3 is 2.76 bits per heavy atom. The van der Waals surface area contributed by atoms with E-state index in [-0.39, 0.29) is 11.7 Å². The molecule has 0 radical (unpaired) electrons. The quantitative estimate of drug-likeness (QED) is 0.703. The summed E-state index contributed by atoms with van der Waals surface area (Å²) in [6.07, 6.45) is 0.394.